The molecule has 1 spiro atoms. The molecule has 164 valence electrons. The number of hydrogen-bond acceptors (Lipinski definition) is 7. The number of aliphatic hydroxyl groups excluding tert-OH is 1. The van der Waals surface area contributed by atoms with Crippen molar-refractivity contribution in [2.75, 3.05) is 35.7 Å². The molecule has 3 fully saturated rings. The monoisotopic (exact) mass is 459 g/mol. The summed E-state index contributed by atoms with van der Waals surface area (Å²) >= 11 is 5.91. The molecule has 0 bridgehead atoms. The second-order valence-corrected chi connectivity index (χ2v) is 11.7. The molecule has 1 atom stereocenters. The Bertz CT molecular complexity index is 1040. The number of aryl methyl sites for hydroxylation is 1. The lowest BCUT2D eigenvalue weighted by Crippen LogP contribution is -2.62. The standard InChI is InChI=1S/C22H26ClN5O2S/c23-16-9-24-19(25-10-16)15-7-21(8-15)11-28(12-21)17-6-14-2-5-31(30)18(14)20(26-17)27-22(13-29)3-1-4-22/h6,9-10,15,29H,1-5,7-8,11-13H2,(H,26,27)/t31-/m0/s1. The van der Waals surface area contributed by atoms with Gasteiger partial charge in [0.1, 0.15) is 17.5 Å². The van der Waals surface area contributed by atoms with E-state index in [4.69, 9.17) is 16.6 Å². The third kappa shape index (κ3) is 3.26. The Morgan fingerprint density at radius 1 is 1.26 bits per heavy atom. The molecule has 2 N–H and O–H groups in total. The van der Waals surface area contributed by atoms with Crippen molar-refractivity contribution in [2.45, 2.75) is 54.9 Å². The van der Waals surface area contributed by atoms with E-state index in [9.17, 15) is 9.32 Å². The number of anilines is 2. The van der Waals surface area contributed by atoms with Gasteiger partial charge in [0.25, 0.3) is 0 Å². The van der Waals surface area contributed by atoms with E-state index in [1.54, 1.807) is 12.4 Å². The zero-order valence-electron chi connectivity index (χ0n) is 17.3. The zero-order chi connectivity index (χ0) is 21.2. The maximum Gasteiger partial charge on any atom is 0.145 e. The van der Waals surface area contributed by atoms with E-state index < -0.39 is 10.8 Å². The number of hydrogen-bond donors (Lipinski definition) is 2. The van der Waals surface area contributed by atoms with E-state index in [2.05, 4.69) is 26.3 Å². The van der Waals surface area contributed by atoms with Gasteiger partial charge in [-0.05, 0) is 50.2 Å². The molecule has 0 aromatic carbocycles. The van der Waals surface area contributed by atoms with Crippen LogP contribution in [0.2, 0.25) is 5.02 Å². The van der Waals surface area contributed by atoms with Gasteiger partial charge in [-0.15, -0.1) is 0 Å². The summed E-state index contributed by atoms with van der Waals surface area (Å²) in [5.74, 6) is 3.65. The van der Waals surface area contributed by atoms with Crippen LogP contribution < -0.4 is 10.2 Å². The van der Waals surface area contributed by atoms with Gasteiger partial charge >= 0.3 is 0 Å². The Morgan fingerprint density at radius 2 is 2.00 bits per heavy atom. The number of halogens is 1. The fourth-order valence-electron chi connectivity index (χ4n) is 5.62. The van der Waals surface area contributed by atoms with Crippen molar-refractivity contribution in [2.24, 2.45) is 5.41 Å². The summed E-state index contributed by atoms with van der Waals surface area (Å²) in [6.07, 6.45) is 9.33. The van der Waals surface area contributed by atoms with Crippen LogP contribution in [0, 0.1) is 5.41 Å². The fourth-order valence-corrected chi connectivity index (χ4v) is 7.10. The van der Waals surface area contributed by atoms with E-state index in [0.717, 1.165) is 79.5 Å². The first kappa shape index (κ1) is 19.9. The van der Waals surface area contributed by atoms with Crippen molar-refractivity contribution in [1.29, 1.82) is 0 Å². The third-order valence-corrected chi connectivity index (χ3v) is 9.24. The average Bonchev–Trinajstić information content (AvgIpc) is 3.05. The number of aliphatic hydroxyl groups is 1. The molecule has 1 saturated heterocycles. The van der Waals surface area contributed by atoms with Gasteiger partial charge in [-0.1, -0.05) is 11.6 Å². The van der Waals surface area contributed by atoms with Gasteiger partial charge in [0.2, 0.25) is 0 Å². The summed E-state index contributed by atoms with van der Waals surface area (Å²) in [6.45, 7) is 2.05. The van der Waals surface area contributed by atoms with E-state index in [-0.39, 0.29) is 12.1 Å². The molecule has 4 heterocycles. The first-order valence-corrected chi connectivity index (χ1v) is 12.7. The van der Waals surface area contributed by atoms with Gasteiger partial charge in [-0.25, -0.2) is 15.0 Å². The lowest BCUT2D eigenvalue weighted by atomic mass is 9.57. The number of nitrogens with one attached hydrogen (secondary N) is 1. The third-order valence-electron chi connectivity index (χ3n) is 7.56. The van der Waals surface area contributed by atoms with Crippen molar-refractivity contribution in [3.63, 3.8) is 0 Å². The van der Waals surface area contributed by atoms with E-state index in [1.165, 1.54) is 0 Å². The minimum atomic E-state index is -1.01. The lowest BCUT2D eigenvalue weighted by molar-refractivity contribution is 0.0589. The van der Waals surface area contributed by atoms with Crippen LogP contribution in [0.4, 0.5) is 11.6 Å². The lowest BCUT2D eigenvalue weighted by Gasteiger charge is -2.59. The molecule has 31 heavy (non-hydrogen) atoms. The highest BCUT2D eigenvalue weighted by Gasteiger charge is 2.54. The molecular weight excluding hydrogens is 434 g/mol. The second kappa shape index (κ2) is 7.12. The summed E-state index contributed by atoms with van der Waals surface area (Å²) in [5.41, 5.74) is 1.16. The number of aromatic nitrogens is 3. The molecule has 2 aromatic heterocycles. The largest absolute Gasteiger partial charge is 0.394 e. The molecular formula is C22H26ClN5O2S. The first-order valence-electron chi connectivity index (χ1n) is 11.0. The molecule has 0 unspecified atom stereocenters. The van der Waals surface area contributed by atoms with Crippen LogP contribution in [-0.4, -0.2) is 55.3 Å². The normalized spacial score (nSPS) is 25.5. The summed E-state index contributed by atoms with van der Waals surface area (Å²) in [5, 5.41) is 14.0. The molecule has 0 radical (unpaired) electrons. The highest BCUT2D eigenvalue weighted by atomic mass is 35.5. The molecule has 9 heteroatoms. The van der Waals surface area contributed by atoms with Gasteiger partial charge in [0.05, 0.1) is 32.9 Å². The van der Waals surface area contributed by atoms with Gasteiger partial charge in [0, 0.05) is 42.6 Å². The van der Waals surface area contributed by atoms with Gasteiger partial charge in [-0.2, -0.15) is 0 Å². The van der Waals surface area contributed by atoms with Crippen LogP contribution in [0.15, 0.2) is 23.4 Å². The van der Waals surface area contributed by atoms with Crippen LogP contribution in [0.5, 0.6) is 0 Å². The maximum atomic E-state index is 12.6. The van der Waals surface area contributed by atoms with Crippen LogP contribution in [-0.2, 0) is 17.2 Å². The summed E-state index contributed by atoms with van der Waals surface area (Å²) < 4.78 is 12.6. The van der Waals surface area contributed by atoms with E-state index >= 15 is 0 Å². The smallest absolute Gasteiger partial charge is 0.145 e. The van der Waals surface area contributed by atoms with Crippen molar-refractivity contribution in [3.8, 4) is 0 Å². The van der Waals surface area contributed by atoms with Gasteiger partial charge in [0.15, 0.2) is 0 Å². The first-order chi connectivity index (χ1) is 15.0. The van der Waals surface area contributed by atoms with Crippen LogP contribution in [0.25, 0.3) is 0 Å². The number of fused-ring (bicyclic) bond motifs is 1. The Kier molecular flexibility index (Phi) is 4.56. The van der Waals surface area contributed by atoms with Gasteiger partial charge < -0.3 is 15.3 Å². The highest BCUT2D eigenvalue weighted by Crippen LogP contribution is 2.56. The topological polar surface area (TPSA) is 91.2 Å². The minimum absolute atomic E-state index is 0.0846. The summed E-state index contributed by atoms with van der Waals surface area (Å²) in [7, 11) is -1.01. The minimum Gasteiger partial charge on any atom is -0.394 e. The predicted octanol–water partition coefficient (Wildman–Crippen LogP) is 2.90. The number of nitrogens with zero attached hydrogens (tertiary/aromatic N) is 4. The predicted molar refractivity (Wildman–Crippen MR) is 120 cm³/mol. The van der Waals surface area contributed by atoms with Crippen molar-refractivity contribution >= 4 is 34.0 Å². The van der Waals surface area contributed by atoms with Crippen molar-refractivity contribution in [1.82, 2.24) is 15.0 Å². The van der Waals surface area contributed by atoms with Crippen LogP contribution >= 0.6 is 11.6 Å². The molecule has 4 aliphatic rings. The van der Waals surface area contributed by atoms with Crippen LogP contribution in [0.1, 0.15) is 49.4 Å². The Labute approximate surface area is 189 Å². The zero-order valence-corrected chi connectivity index (χ0v) is 18.9. The summed E-state index contributed by atoms with van der Waals surface area (Å²) in [6, 6.07) is 2.13. The Morgan fingerprint density at radius 3 is 2.65 bits per heavy atom. The van der Waals surface area contributed by atoms with Crippen LogP contribution in [0.3, 0.4) is 0 Å². The molecule has 7 nitrogen and oxygen atoms in total. The van der Waals surface area contributed by atoms with Crippen molar-refractivity contribution in [3.05, 3.63) is 34.9 Å². The molecule has 2 aliphatic carbocycles. The molecule has 0 amide bonds. The Balaban J connectivity index is 1.18. The Hall–Kier alpha value is -1.77. The summed E-state index contributed by atoms with van der Waals surface area (Å²) in [4.78, 5) is 16.9. The fraction of sp³-hybridized carbons (Fsp3) is 0.591. The number of rotatable bonds is 5. The SMILES string of the molecule is O=[S@]1CCc2cc(N3CC4(CC(c5ncc(Cl)cn5)C4)C3)nc(NC3(CO)CCC3)c21. The maximum absolute atomic E-state index is 12.6. The van der Waals surface area contributed by atoms with Gasteiger partial charge in [-0.3, -0.25) is 4.21 Å². The average molecular weight is 460 g/mol. The molecule has 2 aliphatic heterocycles. The highest BCUT2D eigenvalue weighted by molar-refractivity contribution is 7.85. The molecule has 2 aromatic rings. The molecule has 2 saturated carbocycles. The van der Waals surface area contributed by atoms with E-state index in [0.29, 0.717) is 22.1 Å². The number of pyridine rings is 1. The quantitative estimate of drug-likeness (QED) is 0.710. The second-order valence-electron chi connectivity index (χ2n) is 9.75. The van der Waals surface area contributed by atoms with E-state index in [1.807, 2.05) is 0 Å². The van der Waals surface area contributed by atoms with Crippen molar-refractivity contribution < 1.29 is 9.32 Å². The molecule has 6 rings (SSSR count).